The lowest BCUT2D eigenvalue weighted by Gasteiger charge is -2.59. The van der Waals surface area contributed by atoms with Crippen LogP contribution < -0.4 is 15.5 Å². The van der Waals surface area contributed by atoms with E-state index in [1.807, 2.05) is 6.07 Å². The quantitative estimate of drug-likeness (QED) is 0.769. The van der Waals surface area contributed by atoms with Gasteiger partial charge in [-0.3, -0.25) is 15.0 Å². The topological polar surface area (TPSA) is 82.5 Å². The van der Waals surface area contributed by atoms with Gasteiger partial charge in [0.1, 0.15) is 5.65 Å². The molecule has 8 heteroatoms. The molecule has 0 unspecified atom stereocenters. The van der Waals surface area contributed by atoms with Crippen LogP contribution in [-0.4, -0.2) is 65.7 Å². The summed E-state index contributed by atoms with van der Waals surface area (Å²) in [7, 11) is 0. The van der Waals surface area contributed by atoms with Gasteiger partial charge in [0.25, 0.3) is 0 Å². The molecule has 0 radical (unpaired) electrons. The van der Waals surface area contributed by atoms with E-state index in [2.05, 4.69) is 33.2 Å². The number of hydrogen-bond donors (Lipinski definition) is 2. The number of carbonyl (C=O) groups excluding carboxylic acids is 2. The molecule has 0 bridgehead atoms. The van der Waals surface area contributed by atoms with E-state index in [0.717, 1.165) is 35.7 Å². The number of rotatable bonds is 4. The van der Waals surface area contributed by atoms with Gasteiger partial charge in [0.2, 0.25) is 5.91 Å². The zero-order valence-corrected chi connectivity index (χ0v) is 18.8. The lowest BCUT2D eigenvalue weighted by molar-refractivity contribution is -0.120. The predicted molar refractivity (Wildman–Crippen MR) is 123 cm³/mol. The van der Waals surface area contributed by atoms with Crippen LogP contribution in [0.1, 0.15) is 43.7 Å². The summed E-state index contributed by atoms with van der Waals surface area (Å²) in [5, 5.41) is 6.93. The van der Waals surface area contributed by atoms with Gasteiger partial charge in [-0.2, -0.15) is 0 Å². The third-order valence-corrected chi connectivity index (χ3v) is 8.12. The first kappa shape index (κ1) is 20.2. The molecule has 170 valence electrons. The molecule has 2 aromatic heterocycles. The second-order valence-electron chi connectivity index (χ2n) is 10.4. The van der Waals surface area contributed by atoms with Gasteiger partial charge in [-0.05, 0) is 55.6 Å². The maximum absolute atomic E-state index is 12.2. The molecule has 0 atom stereocenters. The summed E-state index contributed by atoms with van der Waals surface area (Å²) >= 11 is 0. The fraction of sp³-hybridized carbons (Fsp3) is 0.625. The summed E-state index contributed by atoms with van der Waals surface area (Å²) < 4.78 is 2.36. The maximum atomic E-state index is 12.2. The number of hydrogen-bond acceptors (Lipinski definition) is 5. The number of carbonyl (C=O) groups is 2. The molecule has 1 spiro atoms. The van der Waals surface area contributed by atoms with E-state index < -0.39 is 0 Å². The van der Waals surface area contributed by atoms with Crippen LogP contribution in [0.15, 0.2) is 18.5 Å². The van der Waals surface area contributed by atoms with Crippen molar-refractivity contribution in [3.8, 4) is 0 Å². The van der Waals surface area contributed by atoms with Gasteiger partial charge in [0, 0.05) is 63.3 Å². The Hall–Kier alpha value is -2.45. The average Bonchev–Trinajstić information content (AvgIpc) is 3.05. The maximum Gasteiger partial charge on any atom is 0.328 e. The Bertz CT molecular complexity index is 1060. The molecule has 8 nitrogen and oxygen atoms in total. The Morgan fingerprint density at radius 1 is 1.12 bits per heavy atom. The summed E-state index contributed by atoms with van der Waals surface area (Å²) in [5.74, 6) is 0.660. The largest absolute Gasteiger partial charge is 0.329 e. The SMILES string of the molecule is Cc1cn(C2CC3(CC(CN4CCNCC4)C3)C2)c2ncc(N3CCC(=O)NC3=O)cc12. The fourth-order valence-electron chi connectivity index (χ4n) is 6.54. The van der Waals surface area contributed by atoms with Crippen LogP contribution in [-0.2, 0) is 4.79 Å². The zero-order chi connectivity index (χ0) is 21.9. The fourth-order valence-corrected chi connectivity index (χ4v) is 6.54. The molecular weight excluding hydrogens is 404 g/mol. The number of nitrogens with zero attached hydrogens (tertiary/aromatic N) is 4. The van der Waals surface area contributed by atoms with Crippen molar-refractivity contribution >= 4 is 28.7 Å². The second kappa shape index (κ2) is 7.56. The summed E-state index contributed by atoms with van der Waals surface area (Å²) in [5.41, 5.74) is 3.51. The third kappa shape index (κ3) is 3.40. The average molecular weight is 437 g/mol. The van der Waals surface area contributed by atoms with E-state index in [9.17, 15) is 9.59 Å². The minimum absolute atomic E-state index is 0.215. The molecule has 4 heterocycles. The van der Waals surface area contributed by atoms with Crippen LogP contribution in [0.2, 0.25) is 0 Å². The molecule has 32 heavy (non-hydrogen) atoms. The van der Waals surface area contributed by atoms with Crippen molar-refractivity contribution in [3.05, 3.63) is 24.0 Å². The Morgan fingerprint density at radius 3 is 2.66 bits per heavy atom. The molecule has 2 saturated heterocycles. The summed E-state index contributed by atoms with van der Waals surface area (Å²) in [6.07, 6.45) is 9.61. The van der Waals surface area contributed by atoms with Gasteiger partial charge in [0.15, 0.2) is 0 Å². The number of fused-ring (bicyclic) bond motifs is 1. The van der Waals surface area contributed by atoms with Gasteiger partial charge in [0.05, 0.1) is 11.9 Å². The van der Waals surface area contributed by atoms with E-state index >= 15 is 0 Å². The van der Waals surface area contributed by atoms with E-state index in [4.69, 9.17) is 4.98 Å². The molecule has 4 aliphatic rings. The second-order valence-corrected chi connectivity index (χ2v) is 10.4. The molecule has 2 aliphatic carbocycles. The number of aryl methyl sites for hydroxylation is 1. The number of piperazine rings is 1. The number of aromatic nitrogens is 2. The van der Waals surface area contributed by atoms with Crippen LogP contribution in [0, 0.1) is 18.3 Å². The standard InChI is InChI=1S/C24H32N6O2/c1-16-14-30(19-11-24(12-19)9-17(10-24)15-28-6-3-25-4-7-28)22-20(16)8-18(13-26-22)29-5-2-21(31)27-23(29)32/h8,13-14,17,19,25H,2-7,9-12,15H2,1H3,(H,27,31,32). The Morgan fingerprint density at radius 2 is 1.91 bits per heavy atom. The van der Waals surface area contributed by atoms with Crippen LogP contribution in [0.4, 0.5) is 10.5 Å². The summed E-state index contributed by atoms with van der Waals surface area (Å²) in [6.45, 7) is 8.46. The molecule has 2 aromatic rings. The molecule has 4 fully saturated rings. The third-order valence-electron chi connectivity index (χ3n) is 8.12. The predicted octanol–water partition coefficient (Wildman–Crippen LogP) is 2.43. The first-order valence-electron chi connectivity index (χ1n) is 12.0. The monoisotopic (exact) mass is 436 g/mol. The van der Waals surface area contributed by atoms with Gasteiger partial charge in [-0.15, -0.1) is 0 Å². The first-order chi connectivity index (χ1) is 15.5. The van der Waals surface area contributed by atoms with Crippen molar-refractivity contribution in [2.75, 3.05) is 44.2 Å². The van der Waals surface area contributed by atoms with Crippen LogP contribution >= 0.6 is 0 Å². The van der Waals surface area contributed by atoms with Gasteiger partial charge < -0.3 is 14.8 Å². The van der Waals surface area contributed by atoms with Crippen molar-refractivity contribution in [3.63, 3.8) is 0 Å². The summed E-state index contributed by atoms with van der Waals surface area (Å²) in [6, 6.07) is 2.21. The highest BCUT2D eigenvalue weighted by Crippen LogP contribution is 2.63. The summed E-state index contributed by atoms with van der Waals surface area (Å²) in [4.78, 5) is 32.7. The molecule has 2 saturated carbocycles. The van der Waals surface area contributed by atoms with E-state index in [1.165, 1.54) is 50.9 Å². The number of pyridine rings is 1. The number of anilines is 1. The van der Waals surface area contributed by atoms with Crippen LogP contribution in [0.3, 0.4) is 0 Å². The Kier molecular flexibility index (Phi) is 4.76. The Balaban J connectivity index is 1.12. The molecule has 2 aliphatic heterocycles. The van der Waals surface area contributed by atoms with E-state index in [-0.39, 0.29) is 11.9 Å². The molecular formula is C24H32N6O2. The van der Waals surface area contributed by atoms with Crippen molar-refractivity contribution in [1.29, 1.82) is 0 Å². The normalized spacial score (nSPS) is 31.0. The van der Waals surface area contributed by atoms with Crippen LogP contribution in [0.25, 0.3) is 11.0 Å². The molecule has 0 aromatic carbocycles. The lowest BCUT2D eigenvalue weighted by Crippen LogP contribution is -2.53. The van der Waals surface area contributed by atoms with Gasteiger partial charge in [-0.25, -0.2) is 9.78 Å². The molecule has 3 amide bonds. The minimum Gasteiger partial charge on any atom is -0.329 e. The number of nitrogens with one attached hydrogen (secondary N) is 2. The van der Waals surface area contributed by atoms with Crippen molar-refractivity contribution in [2.24, 2.45) is 11.3 Å². The smallest absolute Gasteiger partial charge is 0.328 e. The zero-order valence-electron chi connectivity index (χ0n) is 18.8. The minimum atomic E-state index is -0.360. The Labute approximate surface area is 188 Å². The molecule has 6 rings (SSSR count). The number of amides is 3. The van der Waals surface area contributed by atoms with Crippen molar-refractivity contribution < 1.29 is 9.59 Å². The highest BCUT2D eigenvalue weighted by atomic mass is 16.2. The van der Waals surface area contributed by atoms with Gasteiger partial charge >= 0.3 is 6.03 Å². The first-order valence-corrected chi connectivity index (χ1v) is 12.0. The number of imide groups is 1. The highest BCUT2D eigenvalue weighted by molar-refractivity contribution is 6.06. The van der Waals surface area contributed by atoms with Crippen molar-refractivity contribution in [2.45, 2.75) is 45.1 Å². The number of urea groups is 1. The van der Waals surface area contributed by atoms with E-state index in [1.54, 1.807) is 11.1 Å². The van der Waals surface area contributed by atoms with E-state index in [0.29, 0.717) is 24.4 Å². The van der Waals surface area contributed by atoms with Gasteiger partial charge in [-0.1, -0.05) is 0 Å². The van der Waals surface area contributed by atoms with Crippen LogP contribution in [0.5, 0.6) is 0 Å². The van der Waals surface area contributed by atoms with Crippen molar-refractivity contribution in [1.82, 2.24) is 25.1 Å². The lowest BCUT2D eigenvalue weighted by atomic mass is 9.50. The highest BCUT2D eigenvalue weighted by Gasteiger charge is 2.53. The molecule has 2 N–H and O–H groups in total.